The van der Waals surface area contributed by atoms with Gasteiger partial charge in [0.15, 0.2) is 0 Å². The van der Waals surface area contributed by atoms with E-state index in [1.807, 2.05) is 23.9 Å². The van der Waals surface area contributed by atoms with E-state index in [-0.39, 0.29) is 0 Å². The minimum Gasteiger partial charge on any atom is -0.298 e. The first kappa shape index (κ1) is 15.2. The van der Waals surface area contributed by atoms with Gasteiger partial charge in [0.05, 0.1) is 23.1 Å². The fourth-order valence-electron chi connectivity index (χ4n) is 3.27. The van der Waals surface area contributed by atoms with Gasteiger partial charge >= 0.3 is 0 Å². The predicted molar refractivity (Wildman–Crippen MR) is 87.6 cm³/mol. The molecule has 0 bridgehead atoms. The highest BCUT2D eigenvalue weighted by Crippen LogP contribution is 2.30. The third-order valence-electron chi connectivity index (χ3n) is 4.39. The molecule has 5 nitrogen and oxygen atoms in total. The molecule has 118 valence electrons. The molecule has 1 aliphatic heterocycles. The lowest BCUT2D eigenvalue weighted by molar-refractivity contribution is 0.183. The molecule has 2 aromatic heterocycles. The standard InChI is InChI=1S/C17H25N5/c1-12(2)22-17(8-9-18-22)15-11-14(19-13(3)20-15)16-7-5-6-10-21(16)4/h8-9,11-12,16H,5-7,10H2,1-4H3/t16-/m0/s1. The molecule has 0 radical (unpaired) electrons. The van der Waals surface area contributed by atoms with E-state index < -0.39 is 0 Å². The molecule has 0 amide bonds. The average Bonchev–Trinajstić information content (AvgIpc) is 2.96. The molecular weight excluding hydrogens is 274 g/mol. The summed E-state index contributed by atoms with van der Waals surface area (Å²) < 4.78 is 2.02. The summed E-state index contributed by atoms with van der Waals surface area (Å²) >= 11 is 0. The smallest absolute Gasteiger partial charge is 0.126 e. The van der Waals surface area contributed by atoms with Gasteiger partial charge in [-0.3, -0.25) is 9.58 Å². The highest BCUT2D eigenvalue weighted by molar-refractivity contribution is 5.55. The van der Waals surface area contributed by atoms with Gasteiger partial charge in [0.25, 0.3) is 0 Å². The van der Waals surface area contributed by atoms with Crippen LogP contribution in [0.3, 0.4) is 0 Å². The van der Waals surface area contributed by atoms with Crippen LogP contribution in [0.25, 0.3) is 11.4 Å². The Morgan fingerprint density at radius 1 is 1.23 bits per heavy atom. The Kier molecular flexibility index (Phi) is 4.25. The van der Waals surface area contributed by atoms with Crippen molar-refractivity contribution in [3.05, 3.63) is 29.8 Å². The monoisotopic (exact) mass is 299 g/mol. The molecule has 0 spiro atoms. The van der Waals surface area contributed by atoms with Crippen molar-refractivity contribution in [2.45, 2.75) is 52.1 Å². The summed E-state index contributed by atoms with van der Waals surface area (Å²) in [6.45, 7) is 7.40. The molecule has 1 aliphatic rings. The second-order valence-corrected chi connectivity index (χ2v) is 6.47. The first-order valence-electron chi connectivity index (χ1n) is 8.16. The number of hydrogen-bond donors (Lipinski definition) is 0. The van der Waals surface area contributed by atoms with Crippen LogP contribution >= 0.6 is 0 Å². The molecule has 5 heteroatoms. The zero-order valence-corrected chi connectivity index (χ0v) is 14.0. The number of likely N-dealkylation sites (tertiary alicyclic amines) is 1. The van der Waals surface area contributed by atoms with Crippen LogP contribution in [0.15, 0.2) is 18.3 Å². The Bertz CT molecular complexity index is 646. The topological polar surface area (TPSA) is 46.8 Å². The van der Waals surface area contributed by atoms with E-state index in [2.05, 4.69) is 41.9 Å². The Morgan fingerprint density at radius 2 is 2.05 bits per heavy atom. The zero-order valence-electron chi connectivity index (χ0n) is 14.0. The highest BCUT2D eigenvalue weighted by atomic mass is 15.3. The summed E-state index contributed by atoms with van der Waals surface area (Å²) in [7, 11) is 2.19. The van der Waals surface area contributed by atoms with E-state index in [9.17, 15) is 0 Å². The quantitative estimate of drug-likeness (QED) is 0.871. The van der Waals surface area contributed by atoms with E-state index in [1.165, 1.54) is 19.3 Å². The molecule has 22 heavy (non-hydrogen) atoms. The summed E-state index contributed by atoms with van der Waals surface area (Å²) in [4.78, 5) is 11.8. The fraction of sp³-hybridized carbons (Fsp3) is 0.588. The molecule has 0 aromatic carbocycles. The average molecular weight is 299 g/mol. The second kappa shape index (κ2) is 6.16. The maximum atomic E-state index is 4.71. The first-order valence-corrected chi connectivity index (χ1v) is 8.16. The molecule has 0 saturated carbocycles. The van der Waals surface area contributed by atoms with Crippen LogP contribution in [-0.2, 0) is 0 Å². The maximum Gasteiger partial charge on any atom is 0.126 e. The molecule has 1 atom stereocenters. The van der Waals surface area contributed by atoms with Crippen molar-refractivity contribution in [3.63, 3.8) is 0 Å². The lowest BCUT2D eigenvalue weighted by Gasteiger charge is -2.32. The van der Waals surface area contributed by atoms with Crippen molar-refractivity contribution in [3.8, 4) is 11.4 Å². The van der Waals surface area contributed by atoms with Crippen LogP contribution in [-0.4, -0.2) is 38.2 Å². The third-order valence-corrected chi connectivity index (χ3v) is 4.39. The molecule has 3 rings (SSSR count). The Hall–Kier alpha value is -1.75. The lowest BCUT2D eigenvalue weighted by Crippen LogP contribution is -2.30. The normalized spacial score (nSPS) is 19.8. The number of nitrogens with zero attached hydrogens (tertiary/aromatic N) is 5. The summed E-state index contributed by atoms with van der Waals surface area (Å²) in [6.07, 6.45) is 5.58. The number of aromatic nitrogens is 4. The maximum absolute atomic E-state index is 4.71. The summed E-state index contributed by atoms with van der Waals surface area (Å²) in [5, 5.41) is 4.42. The van der Waals surface area contributed by atoms with Gasteiger partial charge in [-0.2, -0.15) is 5.10 Å². The second-order valence-electron chi connectivity index (χ2n) is 6.47. The molecule has 0 N–H and O–H groups in total. The van der Waals surface area contributed by atoms with Crippen LogP contribution in [0, 0.1) is 6.92 Å². The van der Waals surface area contributed by atoms with Crippen molar-refractivity contribution in [1.29, 1.82) is 0 Å². The third kappa shape index (κ3) is 2.90. The van der Waals surface area contributed by atoms with Crippen LogP contribution in [0.5, 0.6) is 0 Å². The van der Waals surface area contributed by atoms with Crippen molar-refractivity contribution >= 4 is 0 Å². The zero-order chi connectivity index (χ0) is 15.7. The van der Waals surface area contributed by atoms with Crippen molar-refractivity contribution in [2.24, 2.45) is 0 Å². The largest absolute Gasteiger partial charge is 0.298 e. The van der Waals surface area contributed by atoms with Crippen LogP contribution in [0.2, 0.25) is 0 Å². The van der Waals surface area contributed by atoms with E-state index >= 15 is 0 Å². The molecule has 0 aliphatic carbocycles. The van der Waals surface area contributed by atoms with Gasteiger partial charge in [-0.1, -0.05) is 6.42 Å². The Labute approximate surface area is 132 Å². The summed E-state index contributed by atoms with van der Waals surface area (Å²) in [6, 6.07) is 4.91. The minimum absolute atomic E-state index is 0.320. The Morgan fingerprint density at radius 3 is 2.77 bits per heavy atom. The van der Waals surface area contributed by atoms with Gasteiger partial charge in [-0.25, -0.2) is 9.97 Å². The van der Waals surface area contributed by atoms with E-state index in [0.29, 0.717) is 12.1 Å². The molecule has 2 aromatic rings. The van der Waals surface area contributed by atoms with E-state index in [4.69, 9.17) is 4.98 Å². The van der Waals surface area contributed by atoms with Crippen molar-refractivity contribution < 1.29 is 0 Å². The SMILES string of the molecule is Cc1nc(-c2ccnn2C(C)C)cc([C@@H]2CCCCN2C)n1. The van der Waals surface area contributed by atoms with Crippen LogP contribution in [0.4, 0.5) is 0 Å². The first-order chi connectivity index (χ1) is 10.6. The van der Waals surface area contributed by atoms with E-state index in [0.717, 1.165) is 29.5 Å². The number of rotatable bonds is 3. The number of hydrogen-bond acceptors (Lipinski definition) is 4. The van der Waals surface area contributed by atoms with Gasteiger partial charge in [-0.15, -0.1) is 0 Å². The van der Waals surface area contributed by atoms with Gasteiger partial charge < -0.3 is 0 Å². The minimum atomic E-state index is 0.320. The van der Waals surface area contributed by atoms with Crippen molar-refractivity contribution in [1.82, 2.24) is 24.6 Å². The highest BCUT2D eigenvalue weighted by Gasteiger charge is 2.23. The summed E-state index contributed by atoms with van der Waals surface area (Å²) in [5.74, 6) is 0.836. The summed E-state index contributed by atoms with van der Waals surface area (Å²) in [5.41, 5.74) is 3.19. The van der Waals surface area contributed by atoms with Gasteiger partial charge in [0, 0.05) is 12.2 Å². The van der Waals surface area contributed by atoms with Gasteiger partial charge in [-0.05, 0) is 59.3 Å². The Balaban J connectivity index is 2.01. The molecular formula is C17H25N5. The van der Waals surface area contributed by atoms with Crippen LogP contribution in [0.1, 0.15) is 56.7 Å². The number of aryl methyl sites for hydroxylation is 1. The predicted octanol–water partition coefficient (Wildman–Crippen LogP) is 3.39. The molecule has 3 heterocycles. The fourth-order valence-corrected chi connectivity index (χ4v) is 3.27. The van der Waals surface area contributed by atoms with E-state index in [1.54, 1.807) is 0 Å². The van der Waals surface area contributed by atoms with Gasteiger partial charge in [0.2, 0.25) is 0 Å². The molecule has 0 unspecified atom stereocenters. The molecule has 1 saturated heterocycles. The number of piperidine rings is 1. The molecule has 1 fully saturated rings. The lowest BCUT2D eigenvalue weighted by atomic mass is 9.99. The van der Waals surface area contributed by atoms with Crippen LogP contribution < -0.4 is 0 Å². The van der Waals surface area contributed by atoms with Crippen molar-refractivity contribution in [2.75, 3.05) is 13.6 Å². The van der Waals surface area contributed by atoms with Gasteiger partial charge in [0.1, 0.15) is 5.82 Å².